The van der Waals surface area contributed by atoms with Crippen LogP contribution in [0.15, 0.2) is 12.1 Å². The predicted molar refractivity (Wildman–Crippen MR) is 61.9 cm³/mol. The van der Waals surface area contributed by atoms with Crippen molar-refractivity contribution in [1.82, 2.24) is 5.32 Å². The molecule has 1 rings (SSSR count). The van der Waals surface area contributed by atoms with E-state index in [1.54, 1.807) is 11.3 Å². The molecule has 0 radical (unpaired) electrons. The summed E-state index contributed by atoms with van der Waals surface area (Å²) in [5, 5.41) is 12.2. The van der Waals surface area contributed by atoms with Crippen LogP contribution in [0.5, 0.6) is 0 Å². The van der Waals surface area contributed by atoms with Crippen LogP contribution < -0.4 is 5.32 Å². The Morgan fingerprint density at radius 2 is 2.13 bits per heavy atom. The SMILES string of the molecule is Cc1ccc(C(C)NC(=O)C(C)(C)O)s1. The number of aliphatic hydroxyl groups is 1. The van der Waals surface area contributed by atoms with Crippen molar-refractivity contribution in [2.75, 3.05) is 0 Å². The normalized spacial score (nSPS) is 13.7. The molecule has 0 bridgehead atoms. The number of amides is 1. The van der Waals surface area contributed by atoms with Crippen molar-refractivity contribution in [2.24, 2.45) is 0 Å². The monoisotopic (exact) mass is 227 g/mol. The summed E-state index contributed by atoms with van der Waals surface area (Å²) in [5.74, 6) is -0.346. The zero-order valence-corrected chi connectivity index (χ0v) is 10.3. The molecule has 1 unspecified atom stereocenters. The quantitative estimate of drug-likeness (QED) is 0.830. The Bertz CT molecular complexity index is 352. The van der Waals surface area contributed by atoms with Gasteiger partial charge in [-0.2, -0.15) is 0 Å². The second kappa shape index (κ2) is 4.33. The molecule has 3 nitrogen and oxygen atoms in total. The third-order valence-electron chi connectivity index (χ3n) is 2.09. The number of thiophene rings is 1. The predicted octanol–water partition coefficient (Wildman–Crippen LogP) is 2.00. The maximum Gasteiger partial charge on any atom is 0.251 e. The number of carbonyl (C=O) groups excluding carboxylic acids is 1. The zero-order valence-electron chi connectivity index (χ0n) is 9.50. The van der Waals surface area contributed by atoms with Crippen LogP contribution in [0.25, 0.3) is 0 Å². The van der Waals surface area contributed by atoms with E-state index < -0.39 is 5.60 Å². The van der Waals surface area contributed by atoms with Crippen LogP contribution in [-0.2, 0) is 4.79 Å². The van der Waals surface area contributed by atoms with Gasteiger partial charge in [-0.25, -0.2) is 0 Å². The van der Waals surface area contributed by atoms with Crippen LogP contribution in [-0.4, -0.2) is 16.6 Å². The molecular weight excluding hydrogens is 210 g/mol. The summed E-state index contributed by atoms with van der Waals surface area (Å²) in [6, 6.07) is 3.96. The summed E-state index contributed by atoms with van der Waals surface area (Å²) in [7, 11) is 0. The Labute approximate surface area is 94.1 Å². The topological polar surface area (TPSA) is 49.3 Å². The second-order valence-electron chi connectivity index (χ2n) is 4.20. The molecule has 0 aliphatic rings. The first kappa shape index (κ1) is 12.2. The lowest BCUT2D eigenvalue weighted by atomic mass is 10.1. The van der Waals surface area contributed by atoms with E-state index in [1.807, 2.05) is 26.0 Å². The summed E-state index contributed by atoms with van der Waals surface area (Å²) in [5.41, 5.74) is -1.32. The highest BCUT2D eigenvalue weighted by atomic mass is 32.1. The minimum Gasteiger partial charge on any atom is -0.381 e. The molecule has 0 aliphatic carbocycles. The highest BCUT2D eigenvalue weighted by Crippen LogP contribution is 2.22. The van der Waals surface area contributed by atoms with Gasteiger partial charge in [-0.1, -0.05) is 0 Å². The molecule has 1 atom stereocenters. The van der Waals surface area contributed by atoms with Crippen LogP contribution >= 0.6 is 11.3 Å². The van der Waals surface area contributed by atoms with Gasteiger partial charge in [0.15, 0.2) is 0 Å². The van der Waals surface area contributed by atoms with E-state index in [2.05, 4.69) is 5.32 Å². The van der Waals surface area contributed by atoms with Gasteiger partial charge in [-0.3, -0.25) is 4.79 Å². The van der Waals surface area contributed by atoms with Crippen molar-refractivity contribution in [3.63, 3.8) is 0 Å². The molecular formula is C11H17NO2S. The van der Waals surface area contributed by atoms with E-state index in [1.165, 1.54) is 18.7 Å². The highest BCUT2D eigenvalue weighted by molar-refractivity contribution is 7.12. The number of aryl methyl sites for hydroxylation is 1. The van der Waals surface area contributed by atoms with Crippen LogP contribution in [0.1, 0.15) is 36.6 Å². The number of hydrogen-bond donors (Lipinski definition) is 2. The lowest BCUT2D eigenvalue weighted by Gasteiger charge is -2.20. The molecule has 0 saturated heterocycles. The van der Waals surface area contributed by atoms with Gasteiger partial charge in [0.1, 0.15) is 5.60 Å². The minimum absolute atomic E-state index is 0.0531. The van der Waals surface area contributed by atoms with E-state index in [0.717, 1.165) is 4.88 Å². The number of hydrogen-bond acceptors (Lipinski definition) is 3. The molecule has 1 aromatic rings. The molecule has 15 heavy (non-hydrogen) atoms. The lowest BCUT2D eigenvalue weighted by molar-refractivity contribution is -0.137. The number of rotatable bonds is 3. The first-order valence-electron chi connectivity index (χ1n) is 4.90. The van der Waals surface area contributed by atoms with Gasteiger partial charge in [0.25, 0.3) is 5.91 Å². The average Bonchev–Trinajstić information content (AvgIpc) is 2.50. The molecule has 0 spiro atoms. The Morgan fingerprint density at radius 3 is 2.53 bits per heavy atom. The fourth-order valence-electron chi connectivity index (χ4n) is 1.13. The molecule has 1 heterocycles. The van der Waals surface area contributed by atoms with Gasteiger partial charge in [0.2, 0.25) is 0 Å². The third kappa shape index (κ3) is 3.32. The summed E-state index contributed by atoms with van der Waals surface area (Å²) in [6.45, 7) is 6.90. The smallest absolute Gasteiger partial charge is 0.251 e. The van der Waals surface area contributed by atoms with E-state index in [4.69, 9.17) is 0 Å². The molecule has 4 heteroatoms. The maximum atomic E-state index is 11.5. The Balaban J connectivity index is 2.64. The molecule has 1 aromatic heterocycles. The fraction of sp³-hybridized carbons (Fsp3) is 0.545. The second-order valence-corrected chi connectivity index (χ2v) is 5.52. The van der Waals surface area contributed by atoms with Gasteiger partial charge >= 0.3 is 0 Å². The Morgan fingerprint density at radius 1 is 1.53 bits per heavy atom. The third-order valence-corrected chi connectivity index (χ3v) is 3.27. The summed E-state index contributed by atoms with van der Waals surface area (Å²) in [6.07, 6.45) is 0. The van der Waals surface area contributed by atoms with E-state index >= 15 is 0 Å². The van der Waals surface area contributed by atoms with Crippen LogP contribution in [0.2, 0.25) is 0 Å². The molecule has 0 aromatic carbocycles. The van der Waals surface area contributed by atoms with E-state index in [9.17, 15) is 9.90 Å². The van der Waals surface area contributed by atoms with Crippen molar-refractivity contribution < 1.29 is 9.90 Å². The zero-order chi connectivity index (χ0) is 11.6. The van der Waals surface area contributed by atoms with Crippen molar-refractivity contribution in [3.05, 3.63) is 21.9 Å². The molecule has 1 amide bonds. The molecule has 2 N–H and O–H groups in total. The molecule has 0 aliphatic heterocycles. The van der Waals surface area contributed by atoms with E-state index in [0.29, 0.717) is 0 Å². The largest absolute Gasteiger partial charge is 0.381 e. The number of carbonyl (C=O) groups is 1. The van der Waals surface area contributed by atoms with Crippen LogP contribution in [0.3, 0.4) is 0 Å². The van der Waals surface area contributed by atoms with Gasteiger partial charge < -0.3 is 10.4 Å². The van der Waals surface area contributed by atoms with E-state index in [-0.39, 0.29) is 11.9 Å². The van der Waals surface area contributed by atoms with Gasteiger partial charge in [-0.15, -0.1) is 11.3 Å². The van der Waals surface area contributed by atoms with Gasteiger partial charge in [0, 0.05) is 9.75 Å². The Hall–Kier alpha value is -0.870. The first-order chi connectivity index (χ1) is 6.80. The standard InChI is InChI=1S/C11H17NO2S/c1-7-5-6-9(15-7)8(2)12-10(13)11(3,4)14/h5-6,8,14H,1-4H3,(H,12,13). The minimum atomic E-state index is -1.32. The van der Waals surface area contributed by atoms with Gasteiger partial charge in [-0.05, 0) is 39.8 Å². The van der Waals surface area contributed by atoms with Crippen molar-refractivity contribution >= 4 is 17.2 Å². The van der Waals surface area contributed by atoms with Crippen LogP contribution in [0.4, 0.5) is 0 Å². The Kier molecular flexibility index (Phi) is 3.52. The molecule has 0 fully saturated rings. The summed E-state index contributed by atoms with van der Waals surface area (Å²) < 4.78 is 0. The molecule has 0 saturated carbocycles. The van der Waals surface area contributed by atoms with Crippen molar-refractivity contribution in [1.29, 1.82) is 0 Å². The van der Waals surface area contributed by atoms with Gasteiger partial charge in [0.05, 0.1) is 6.04 Å². The van der Waals surface area contributed by atoms with Crippen molar-refractivity contribution in [3.8, 4) is 0 Å². The van der Waals surface area contributed by atoms with Crippen molar-refractivity contribution in [2.45, 2.75) is 39.3 Å². The fourth-order valence-corrected chi connectivity index (χ4v) is 2.01. The maximum absolute atomic E-state index is 11.5. The number of nitrogens with one attached hydrogen (secondary N) is 1. The molecule has 84 valence electrons. The lowest BCUT2D eigenvalue weighted by Crippen LogP contribution is -2.42. The van der Waals surface area contributed by atoms with Crippen LogP contribution in [0, 0.1) is 6.92 Å². The first-order valence-corrected chi connectivity index (χ1v) is 5.72. The summed E-state index contributed by atoms with van der Waals surface area (Å²) in [4.78, 5) is 13.8. The summed E-state index contributed by atoms with van der Waals surface area (Å²) >= 11 is 1.65. The average molecular weight is 227 g/mol. The highest BCUT2D eigenvalue weighted by Gasteiger charge is 2.25.